The van der Waals surface area contributed by atoms with Crippen LogP contribution in [0.1, 0.15) is 28.8 Å². The topological polar surface area (TPSA) is 44.8 Å². The molecule has 0 saturated carbocycles. The first-order chi connectivity index (χ1) is 17.5. The van der Waals surface area contributed by atoms with Gasteiger partial charge in [-0.2, -0.15) is 0 Å². The molecule has 1 saturated heterocycles. The van der Waals surface area contributed by atoms with E-state index in [2.05, 4.69) is 10.1 Å². The van der Waals surface area contributed by atoms with Gasteiger partial charge in [0, 0.05) is 38.2 Å². The molecule has 0 unspecified atom stereocenters. The standard InChI is InChI=1S/C26H21F6N3O2/c27-17-2-7-20-23(14-17)33-25(9-11-34(12-10-25)15-16-1-8-21(28)22(29)13-16)35(24(20)36)18-3-5-19(6-4-18)37-26(30,31)32/h1-8,13-14,33H,9-12,15H2. The molecule has 0 radical (unpaired) electrons. The molecule has 11 heteroatoms. The highest BCUT2D eigenvalue weighted by atomic mass is 19.4. The van der Waals surface area contributed by atoms with E-state index in [0.717, 1.165) is 24.3 Å². The highest BCUT2D eigenvalue weighted by molar-refractivity contribution is 6.12. The first-order valence-electron chi connectivity index (χ1n) is 11.5. The molecule has 1 spiro atoms. The Bertz CT molecular complexity index is 1320. The van der Waals surface area contributed by atoms with Crippen LogP contribution in [0.3, 0.4) is 0 Å². The van der Waals surface area contributed by atoms with Gasteiger partial charge in [0.2, 0.25) is 0 Å². The van der Waals surface area contributed by atoms with Gasteiger partial charge in [0.1, 0.15) is 17.2 Å². The first-order valence-corrected chi connectivity index (χ1v) is 11.5. The number of hydrogen-bond acceptors (Lipinski definition) is 4. The molecule has 2 heterocycles. The molecule has 1 N–H and O–H groups in total. The fourth-order valence-electron chi connectivity index (χ4n) is 4.91. The summed E-state index contributed by atoms with van der Waals surface area (Å²) >= 11 is 0. The number of nitrogens with zero attached hydrogens (tertiary/aromatic N) is 2. The van der Waals surface area contributed by atoms with Crippen LogP contribution in [0.5, 0.6) is 5.75 Å². The molecule has 0 atom stereocenters. The van der Waals surface area contributed by atoms with E-state index in [9.17, 15) is 31.1 Å². The molecule has 0 aromatic heterocycles. The number of fused-ring (bicyclic) bond motifs is 1. The molecular formula is C26H21F6N3O2. The summed E-state index contributed by atoms with van der Waals surface area (Å²) in [6, 6.07) is 12.5. The second-order valence-corrected chi connectivity index (χ2v) is 9.05. The van der Waals surface area contributed by atoms with E-state index in [1.54, 1.807) is 0 Å². The summed E-state index contributed by atoms with van der Waals surface area (Å²) in [4.78, 5) is 17.1. The fourth-order valence-corrected chi connectivity index (χ4v) is 4.91. The third-order valence-corrected chi connectivity index (χ3v) is 6.61. The third kappa shape index (κ3) is 5.08. The zero-order valence-electron chi connectivity index (χ0n) is 19.3. The van der Waals surface area contributed by atoms with Gasteiger partial charge in [-0.1, -0.05) is 6.07 Å². The number of benzene rings is 3. The number of carbonyl (C=O) groups is 1. The highest BCUT2D eigenvalue weighted by Gasteiger charge is 2.47. The number of nitrogens with one attached hydrogen (secondary N) is 1. The van der Waals surface area contributed by atoms with Gasteiger partial charge in [-0.15, -0.1) is 13.2 Å². The molecular weight excluding hydrogens is 500 g/mol. The van der Waals surface area contributed by atoms with Gasteiger partial charge in [0.25, 0.3) is 5.91 Å². The first kappa shape index (κ1) is 24.9. The molecule has 1 fully saturated rings. The Balaban J connectivity index is 1.43. The van der Waals surface area contributed by atoms with Crippen LogP contribution in [-0.4, -0.2) is 35.9 Å². The smallest absolute Gasteiger partial charge is 0.406 e. The largest absolute Gasteiger partial charge is 0.573 e. The number of piperidine rings is 1. The number of anilines is 2. The lowest BCUT2D eigenvalue weighted by Gasteiger charge is -2.52. The van der Waals surface area contributed by atoms with Crippen molar-refractivity contribution in [3.05, 3.63) is 89.2 Å². The number of halogens is 6. The predicted octanol–water partition coefficient (Wildman–Crippen LogP) is 6.07. The van der Waals surface area contributed by atoms with E-state index < -0.39 is 41.1 Å². The van der Waals surface area contributed by atoms with E-state index in [-0.39, 0.29) is 5.56 Å². The minimum Gasteiger partial charge on any atom is -0.406 e. The van der Waals surface area contributed by atoms with Crippen molar-refractivity contribution in [3.8, 4) is 5.75 Å². The number of rotatable bonds is 4. The number of alkyl halides is 3. The minimum absolute atomic E-state index is 0.229. The molecule has 2 aliphatic rings. The van der Waals surface area contributed by atoms with Crippen LogP contribution in [0.4, 0.5) is 37.7 Å². The zero-order chi connectivity index (χ0) is 26.4. The Hall–Kier alpha value is -3.73. The number of ether oxygens (including phenoxy) is 1. The maximum absolute atomic E-state index is 14.0. The van der Waals surface area contributed by atoms with E-state index >= 15 is 0 Å². The van der Waals surface area contributed by atoms with Gasteiger partial charge in [0.15, 0.2) is 11.6 Å². The summed E-state index contributed by atoms with van der Waals surface area (Å²) in [5.74, 6) is -3.24. The Morgan fingerprint density at radius 3 is 2.24 bits per heavy atom. The second kappa shape index (κ2) is 9.29. The van der Waals surface area contributed by atoms with Gasteiger partial charge in [-0.05, 0) is 60.2 Å². The quantitative estimate of drug-likeness (QED) is 0.424. The van der Waals surface area contributed by atoms with E-state index in [4.69, 9.17) is 0 Å². The zero-order valence-corrected chi connectivity index (χ0v) is 19.3. The van der Waals surface area contributed by atoms with E-state index in [1.807, 2.05) is 4.90 Å². The maximum Gasteiger partial charge on any atom is 0.573 e. The van der Waals surface area contributed by atoms with Crippen molar-refractivity contribution in [1.82, 2.24) is 4.90 Å². The molecule has 5 rings (SSSR count). The fraction of sp³-hybridized carbons (Fsp3) is 0.269. The summed E-state index contributed by atoms with van der Waals surface area (Å²) in [6.45, 7) is 1.27. The monoisotopic (exact) mass is 521 g/mol. The Labute approximate surface area is 208 Å². The van der Waals surface area contributed by atoms with Gasteiger partial charge in [-0.25, -0.2) is 13.2 Å². The number of likely N-dealkylation sites (tertiary alicyclic amines) is 1. The summed E-state index contributed by atoms with van der Waals surface area (Å²) in [7, 11) is 0. The van der Waals surface area contributed by atoms with Crippen LogP contribution in [0.15, 0.2) is 60.7 Å². The van der Waals surface area contributed by atoms with Crippen molar-refractivity contribution in [1.29, 1.82) is 0 Å². The van der Waals surface area contributed by atoms with Crippen LogP contribution >= 0.6 is 0 Å². The second-order valence-electron chi connectivity index (χ2n) is 9.05. The number of carbonyl (C=O) groups excluding carboxylic acids is 1. The molecule has 5 nitrogen and oxygen atoms in total. The molecule has 2 aliphatic heterocycles. The van der Waals surface area contributed by atoms with Crippen molar-refractivity contribution < 1.29 is 35.9 Å². The van der Waals surface area contributed by atoms with Crippen LogP contribution in [-0.2, 0) is 6.54 Å². The SMILES string of the molecule is O=C1c2ccc(F)cc2NC2(CCN(Cc3ccc(F)c(F)c3)CC2)N1c1ccc(OC(F)(F)F)cc1. The Morgan fingerprint density at radius 1 is 0.892 bits per heavy atom. The van der Waals surface area contributed by atoms with Crippen LogP contribution in [0.25, 0.3) is 0 Å². The van der Waals surface area contributed by atoms with Crippen molar-refractivity contribution >= 4 is 17.3 Å². The van der Waals surface area contributed by atoms with Crippen LogP contribution < -0.4 is 15.0 Å². The molecule has 37 heavy (non-hydrogen) atoms. The lowest BCUT2D eigenvalue weighted by Crippen LogP contribution is -2.64. The average molecular weight is 521 g/mol. The summed E-state index contributed by atoms with van der Waals surface area (Å²) < 4.78 is 82.7. The van der Waals surface area contributed by atoms with Crippen LogP contribution in [0.2, 0.25) is 0 Å². The maximum atomic E-state index is 14.0. The van der Waals surface area contributed by atoms with Gasteiger partial charge in [-0.3, -0.25) is 14.6 Å². The summed E-state index contributed by atoms with van der Waals surface area (Å²) in [5, 5.41) is 3.30. The van der Waals surface area contributed by atoms with Gasteiger partial charge >= 0.3 is 6.36 Å². The van der Waals surface area contributed by atoms with Crippen molar-refractivity contribution in [2.75, 3.05) is 23.3 Å². The molecule has 3 aromatic rings. The summed E-state index contributed by atoms with van der Waals surface area (Å²) in [6.07, 6.45) is -4.10. The molecule has 0 bridgehead atoms. The summed E-state index contributed by atoms with van der Waals surface area (Å²) in [5.41, 5.74) is 0.497. The number of amides is 1. The molecule has 0 aliphatic carbocycles. The van der Waals surface area contributed by atoms with E-state index in [0.29, 0.717) is 49.4 Å². The lowest BCUT2D eigenvalue weighted by atomic mass is 9.89. The predicted molar refractivity (Wildman–Crippen MR) is 124 cm³/mol. The number of hydrogen-bond donors (Lipinski definition) is 1. The molecule has 194 valence electrons. The molecule has 3 aromatic carbocycles. The third-order valence-electron chi connectivity index (χ3n) is 6.61. The Kier molecular flexibility index (Phi) is 6.26. The normalized spacial score (nSPS) is 17.5. The van der Waals surface area contributed by atoms with Gasteiger partial charge in [0.05, 0.1) is 11.3 Å². The average Bonchev–Trinajstić information content (AvgIpc) is 2.83. The van der Waals surface area contributed by atoms with Crippen molar-refractivity contribution in [2.24, 2.45) is 0 Å². The molecule has 1 amide bonds. The lowest BCUT2D eigenvalue weighted by molar-refractivity contribution is -0.274. The van der Waals surface area contributed by atoms with E-state index in [1.165, 1.54) is 41.3 Å². The highest BCUT2D eigenvalue weighted by Crippen LogP contribution is 2.41. The van der Waals surface area contributed by atoms with Gasteiger partial charge < -0.3 is 10.1 Å². The minimum atomic E-state index is -4.85. The van der Waals surface area contributed by atoms with Crippen molar-refractivity contribution in [2.45, 2.75) is 31.4 Å². The van der Waals surface area contributed by atoms with Crippen LogP contribution in [0, 0.1) is 17.5 Å². The van der Waals surface area contributed by atoms with Crippen molar-refractivity contribution in [3.63, 3.8) is 0 Å². The Morgan fingerprint density at radius 2 is 1.59 bits per heavy atom.